The fourth-order valence-corrected chi connectivity index (χ4v) is 3.12. The molecule has 25 heavy (non-hydrogen) atoms. The molecule has 4 rings (SSSR count). The van der Waals surface area contributed by atoms with Gasteiger partial charge in [-0.05, 0) is 25.2 Å². The number of carbonyl (C=O) groups is 1. The average molecular weight is 337 g/mol. The van der Waals surface area contributed by atoms with Crippen LogP contribution in [0.3, 0.4) is 0 Å². The van der Waals surface area contributed by atoms with Gasteiger partial charge in [-0.2, -0.15) is 0 Å². The van der Waals surface area contributed by atoms with E-state index in [4.69, 9.17) is 9.82 Å². The third-order valence-corrected chi connectivity index (χ3v) is 4.50. The fraction of sp³-hybridized carbons (Fsp3) is 0.278. The molecule has 0 aliphatic carbocycles. The summed E-state index contributed by atoms with van der Waals surface area (Å²) in [5.41, 5.74) is 2.20. The van der Waals surface area contributed by atoms with Gasteiger partial charge in [-0.25, -0.2) is 4.98 Å². The molecule has 0 atom stereocenters. The molecule has 0 unspecified atom stereocenters. The Bertz CT molecular complexity index is 899. The summed E-state index contributed by atoms with van der Waals surface area (Å²) in [4.78, 5) is 26.3. The molecule has 3 heterocycles. The van der Waals surface area contributed by atoms with Crippen molar-refractivity contribution in [1.29, 1.82) is 0 Å². The van der Waals surface area contributed by atoms with Crippen LogP contribution in [-0.2, 0) is 4.79 Å². The number of para-hydroxylation sites is 1. The highest BCUT2D eigenvalue weighted by Crippen LogP contribution is 2.27. The monoisotopic (exact) mass is 337 g/mol. The number of hydrogen-bond acceptors (Lipinski definition) is 6. The van der Waals surface area contributed by atoms with Crippen LogP contribution in [0.2, 0.25) is 0 Å². The Morgan fingerprint density at radius 2 is 1.84 bits per heavy atom. The number of rotatable bonds is 4. The third-order valence-electron chi connectivity index (χ3n) is 4.50. The highest BCUT2D eigenvalue weighted by Gasteiger charge is 2.18. The van der Waals surface area contributed by atoms with Crippen LogP contribution in [0, 0.1) is 0 Å². The number of aromatic nitrogens is 3. The van der Waals surface area contributed by atoms with Crippen molar-refractivity contribution < 1.29 is 9.63 Å². The lowest BCUT2D eigenvalue weighted by Gasteiger charge is -2.33. The van der Waals surface area contributed by atoms with E-state index < -0.39 is 0 Å². The fourth-order valence-electron chi connectivity index (χ4n) is 3.12. The molecule has 7 nitrogen and oxygen atoms in total. The molecule has 1 aliphatic rings. The molecule has 0 amide bonds. The zero-order valence-corrected chi connectivity index (χ0v) is 14.0. The number of carbonyl (C=O) groups excluding carboxylic acids is 1. The summed E-state index contributed by atoms with van der Waals surface area (Å²) in [6.07, 6.45) is 0. The van der Waals surface area contributed by atoms with Crippen molar-refractivity contribution in [3.05, 3.63) is 42.5 Å². The van der Waals surface area contributed by atoms with Crippen molar-refractivity contribution >= 4 is 23.2 Å². The van der Waals surface area contributed by atoms with Gasteiger partial charge in [0.2, 0.25) is 0 Å². The lowest BCUT2D eigenvalue weighted by atomic mass is 10.1. The van der Waals surface area contributed by atoms with E-state index in [2.05, 4.69) is 21.9 Å². The van der Waals surface area contributed by atoms with Crippen LogP contribution in [0.25, 0.3) is 22.3 Å². The molecule has 1 fully saturated rings. The minimum Gasteiger partial charge on any atom is -0.354 e. The quantitative estimate of drug-likeness (QED) is 0.671. The molecular formula is C18H19N5O2. The maximum atomic E-state index is 10.7. The van der Waals surface area contributed by atoms with Crippen molar-refractivity contribution in [2.24, 2.45) is 0 Å². The number of pyridine rings is 1. The number of anilines is 1. The summed E-state index contributed by atoms with van der Waals surface area (Å²) in [7, 11) is 2.13. The van der Waals surface area contributed by atoms with Gasteiger partial charge in [0.05, 0.1) is 5.69 Å². The summed E-state index contributed by atoms with van der Waals surface area (Å²) in [6, 6.07) is 13.6. The minimum absolute atomic E-state index is 0.372. The molecule has 0 radical (unpaired) electrons. The van der Waals surface area contributed by atoms with Crippen LogP contribution in [0.15, 0.2) is 42.5 Å². The summed E-state index contributed by atoms with van der Waals surface area (Å²) in [5.74, 6) is 0.945. The highest BCUT2D eigenvalue weighted by molar-refractivity contribution is 5.92. The largest absolute Gasteiger partial charge is 0.354 e. The first-order chi connectivity index (χ1) is 12.3. The number of benzene rings is 1. The third kappa shape index (κ3) is 2.94. The van der Waals surface area contributed by atoms with Gasteiger partial charge in [0.25, 0.3) is 0 Å². The van der Waals surface area contributed by atoms with Gasteiger partial charge >= 0.3 is 6.47 Å². The second-order valence-corrected chi connectivity index (χ2v) is 6.11. The highest BCUT2D eigenvalue weighted by atomic mass is 16.7. The van der Waals surface area contributed by atoms with Gasteiger partial charge in [-0.15, -0.1) is 5.10 Å². The van der Waals surface area contributed by atoms with E-state index in [1.165, 1.54) is 4.85 Å². The number of nitrogens with zero attached hydrogens (tertiary/aromatic N) is 5. The zero-order chi connectivity index (χ0) is 17.2. The first kappa shape index (κ1) is 15.6. The van der Waals surface area contributed by atoms with Crippen LogP contribution >= 0.6 is 0 Å². The van der Waals surface area contributed by atoms with E-state index in [0.717, 1.165) is 48.6 Å². The van der Waals surface area contributed by atoms with Gasteiger partial charge in [0.15, 0.2) is 0 Å². The van der Waals surface area contributed by atoms with Crippen molar-refractivity contribution in [3.63, 3.8) is 0 Å². The minimum atomic E-state index is 0.372. The summed E-state index contributed by atoms with van der Waals surface area (Å²) in [5, 5.41) is 5.32. The smallest absolute Gasteiger partial charge is 0.323 e. The van der Waals surface area contributed by atoms with Crippen molar-refractivity contribution in [1.82, 2.24) is 19.8 Å². The number of fused-ring (bicyclic) bond motifs is 1. The molecule has 0 bridgehead atoms. The Hall–Kier alpha value is -2.93. The second-order valence-electron chi connectivity index (χ2n) is 6.11. The summed E-state index contributed by atoms with van der Waals surface area (Å²) < 4.78 is 0. The van der Waals surface area contributed by atoms with Crippen LogP contribution < -0.4 is 9.74 Å². The Morgan fingerprint density at radius 3 is 2.64 bits per heavy atom. The van der Waals surface area contributed by atoms with Gasteiger partial charge in [0, 0.05) is 31.6 Å². The number of likely N-dealkylation sites (N-methyl/N-ethyl adjacent to an activating group) is 1. The lowest BCUT2D eigenvalue weighted by molar-refractivity contribution is -0.130. The first-order valence-corrected chi connectivity index (χ1v) is 8.26. The molecule has 3 aromatic rings. The van der Waals surface area contributed by atoms with Crippen LogP contribution in [-0.4, -0.2) is 59.5 Å². The maximum absolute atomic E-state index is 10.7. The van der Waals surface area contributed by atoms with E-state index >= 15 is 0 Å². The van der Waals surface area contributed by atoms with E-state index in [1.54, 1.807) is 0 Å². The topological polar surface area (TPSA) is 63.5 Å². The number of hydrogen-bond donors (Lipinski definition) is 0. The van der Waals surface area contributed by atoms with Gasteiger partial charge in [-0.3, -0.25) is 4.79 Å². The van der Waals surface area contributed by atoms with Crippen molar-refractivity contribution in [2.45, 2.75) is 0 Å². The van der Waals surface area contributed by atoms with Crippen LogP contribution in [0.4, 0.5) is 5.82 Å². The van der Waals surface area contributed by atoms with E-state index in [9.17, 15) is 4.79 Å². The molecule has 128 valence electrons. The predicted molar refractivity (Wildman–Crippen MR) is 95.3 cm³/mol. The van der Waals surface area contributed by atoms with Gasteiger partial charge in [-0.1, -0.05) is 29.1 Å². The molecule has 1 aromatic carbocycles. The molecule has 7 heteroatoms. The lowest BCUT2D eigenvalue weighted by Crippen LogP contribution is -2.44. The Balaban J connectivity index is 1.74. The molecule has 1 saturated heterocycles. The van der Waals surface area contributed by atoms with Gasteiger partial charge in [0.1, 0.15) is 17.0 Å². The second kappa shape index (κ2) is 6.52. The predicted octanol–water partition coefficient (Wildman–Crippen LogP) is 1.44. The van der Waals surface area contributed by atoms with Crippen LogP contribution in [0.1, 0.15) is 0 Å². The first-order valence-electron chi connectivity index (χ1n) is 8.26. The average Bonchev–Trinajstić information content (AvgIpc) is 3.02. The van der Waals surface area contributed by atoms with E-state index in [-0.39, 0.29) is 0 Å². The zero-order valence-electron chi connectivity index (χ0n) is 14.0. The molecule has 0 N–H and O–H groups in total. The summed E-state index contributed by atoms with van der Waals surface area (Å²) in [6.45, 7) is 4.33. The molecular weight excluding hydrogens is 318 g/mol. The Morgan fingerprint density at radius 1 is 1.04 bits per heavy atom. The SMILES string of the molecule is CN1CCN(c2cccc(-c3nn(OC=O)c4ccccc34)n2)CC1. The van der Waals surface area contributed by atoms with Crippen molar-refractivity contribution in [2.75, 3.05) is 38.1 Å². The molecule has 1 aliphatic heterocycles. The molecule has 0 saturated carbocycles. The number of piperazine rings is 1. The Labute approximate surface area is 145 Å². The summed E-state index contributed by atoms with van der Waals surface area (Å²) >= 11 is 0. The molecule has 0 spiro atoms. The van der Waals surface area contributed by atoms with Gasteiger partial charge < -0.3 is 14.6 Å². The maximum Gasteiger partial charge on any atom is 0.323 e. The van der Waals surface area contributed by atoms with E-state index in [0.29, 0.717) is 12.2 Å². The molecule has 2 aromatic heterocycles. The standard InChI is InChI=1S/C18H19N5O2/c1-21-9-11-22(12-10-21)17-8-4-6-15(19-17)18-14-5-2-3-7-16(14)23(20-18)25-13-24/h2-8,13H,9-12H2,1H3. The van der Waals surface area contributed by atoms with E-state index in [1.807, 2.05) is 42.5 Å². The van der Waals surface area contributed by atoms with Crippen LogP contribution in [0.5, 0.6) is 0 Å². The van der Waals surface area contributed by atoms with Crippen molar-refractivity contribution in [3.8, 4) is 11.4 Å². The Kier molecular flexibility index (Phi) is 4.07. The normalized spacial score (nSPS) is 15.5.